The minimum Gasteiger partial charge on any atom is -0.381 e. The normalized spacial score (nSPS) is 10.2. The first kappa shape index (κ1) is 11.6. The van der Waals surface area contributed by atoms with Crippen molar-refractivity contribution in [1.82, 2.24) is 0 Å². The molecule has 2 aromatic rings. The Labute approximate surface area is 101 Å². The van der Waals surface area contributed by atoms with Gasteiger partial charge < -0.3 is 5.32 Å². The summed E-state index contributed by atoms with van der Waals surface area (Å²) in [6.45, 7) is 2.64. The van der Waals surface area contributed by atoms with Crippen LogP contribution in [-0.4, -0.2) is 0 Å². The van der Waals surface area contributed by atoms with Crippen LogP contribution in [-0.2, 0) is 13.0 Å². The summed E-state index contributed by atoms with van der Waals surface area (Å²) in [6, 6.07) is 15.1. The van der Waals surface area contributed by atoms with E-state index in [1.165, 1.54) is 11.6 Å². The lowest BCUT2D eigenvalue weighted by molar-refractivity contribution is 0.613. The van der Waals surface area contributed by atoms with Crippen molar-refractivity contribution in [2.45, 2.75) is 19.9 Å². The number of nitrogens with one attached hydrogen (secondary N) is 1. The van der Waals surface area contributed by atoms with Crippen molar-refractivity contribution in [2.24, 2.45) is 0 Å². The van der Waals surface area contributed by atoms with E-state index in [4.69, 9.17) is 0 Å². The minimum absolute atomic E-state index is 0.162. The highest BCUT2D eigenvalue weighted by Gasteiger charge is 1.99. The van der Waals surface area contributed by atoms with Crippen molar-refractivity contribution in [2.75, 3.05) is 5.32 Å². The van der Waals surface area contributed by atoms with Crippen molar-refractivity contribution in [3.8, 4) is 0 Å². The maximum atomic E-state index is 13.4. The molecule has 0 aliphatic heterocycles. The monoisotopic (exact) mass is 229 g/mol. The molecule has 2 heteroatoms. The first-order valence-electron chi connectivity index (χ1n) is 5.86. The third kappa shape index (κ3) is 3.06. The van der Waals surface area contributed by atoms with Gasteiger partial charge in [-0.15, -0.1) is 0 Å². The van der Waals surface area contributed by atoms with E-state index in [9.17, 15) is 4.39 Å². The van der Waals surface area contributed by atoms with Crippen molar-refractivity contribution in [3.63, 3.8) is 0 Å². The average Bonchev–Trinajstić information content (AvgIpc) is 2.38. The number of benzene rings is 2. The van der Waals surface area contributed by atoms with E-state index in [1.54, 1.807) is 12.1 Å². The zero-order chi connectivity index (χ0) is 12.1. The van der Waals surface area contributed by atoms with Crippen LogP contribution >= 0.6 is 0 Å². The van der Waals surface area contributed by atoms with Gasteiger partial charge in [-0.2, -0.15) is 0 Å². The van der Waals surface area contributed by atoms with Crippen LogP contribution in [0.15, 0.2) is 48.5 Å². The number of hydrogen-bond donors (Lipinski definition) is 1. The molecule has 0 heterocycles. The van der Waals surface area contributed by atoms with Crippen LogP contribution in [0.5, 0.6) is 0 Å². The van der Waals surface area contributed by atoms with Gasteiger partial charge in [0.2, 0.25) is 0 Å². The van der Waals surface area contributed by atoms with Gasteiger partial charge >= 0.3 is 0 Å². The first-order valence-corrected chi connectivity index (χ1v) is 5.86. The molecule has 17 heavy (non-hydrogen) atoms. The van der Waals surface area contributed by atoms with E-state index < -0.39 is 0 Å². The summed E-state index contributed by atoms with van der Waals surface area (Å²) in [5.41, 5.74) is 3.01. The lowest BCUT2D eigenvalue weighted by Gasteiger charge is -2.07. The van der Waals surface area contributed by atoms with Gasteiger partial charge in [0.15, 0.2) is 0 Å². The maximum absolute atomic E-state index is 13.4. The molecule has 0 amide bonds. The Hall–Kier alpha value is -1.83. The molecule has 2 aromatic carbocycles. The fourth-order valence-corrected chi connectivity index (χ4v) is 1.70. The predicted octanol–water partition coefficient (Wildman–Crippen LogP) is 4.00. The molecule has 0 saturated heterocycles. The van der Waals surface area contributed by atoms with Crippen LogP contribution in [0.1, 0.15) is 18.1 Å². The molecular formula is C15H16FN. The average molecular weight is 229 g/mol. The van der Waals surface area contributed by atoms with Crippen LogP contribution in [0.2, 0.25) is 0 Å². The summed E-state index contributed by atoms with van der Waals surface area (Å²) in [7, 11) is 0. The molecule has 0 fully saturated rings. The molecule has 1 nitrogen and oxygen atoms in total. The zero-order valence-corrected chi connectivity index (χ0v) is 9.91. The topological polar surface area (TPSA) is 12.0 Å². The van der Waals surface area contributed by atoms with Crippen LogP contribution in [0, 0.1) is 5.82 Å². The quantitative estimate of drug-likeness (QED) is 0.835. The van der Waals surface area contributed by atoms with E-state index in [1.807, 2.05) is 18.2 Å². The van der Waals surface area contributed by atoms with Gasteiger partial charge in [0.1, 0.15) is 5.82 Å². The number of aryl methyl sites for hydroxylation is 1. The Morgan fingerprint density at radius 3 is 2.35 bits per heavy atom. The Bertz CT molecular complexity index is 477. The Kier molecular flexibility index (Phi) is 3.76. The first-order chi connectivity index (χ1) is 8.29. The highest BCUT2D eigenvalue weighted by Crippen LogP contribution is 2.13. The highest BCUT2D eigenvalue weighted by molar-refractivity contribution is 5.45. The number of rotatable bonds is 4. The van der Waals surface area contributed by atoms with E-state index in [0.717, 1.165) is 12.1 Å². The Morgan fingerprint density at radius 2 is 1.71 bits per heavy atom. The second-order valence-electron chi connectivity index (χ2n) is 4.00. The molecule has 0 aliphatic carbocycles. The molecule has 0 aliphatic rings. The summed E-state index contributed by atoms with van der Waals surface area (Å²) in [5.74, 6) is -0.162. The van der Waals surface area contributed by atoms with Gasteiger partial charge in [0.25, 0.3) is 0 Å². The molecule has 2 rings (SSSR count). The largest absolute Gasteiger partial charge is 0.381 e. The molecule has 0 aromatic heterocycles. The predicted molar refractivity (Wildman–Crippen MR) is 69.5 cm³/mol. The zero-order valence-electron chi connectivity index (χ0n) is 9.91. The molecule has 0 radical (unpaired) electrons. The standard InChI is InChI=1S/C15H16FN/c1-2-12-7-9-14(10-8-12)17-11-13-5-3-4-6-15(13)16/h3-10,17H,2,11H2,1H3. The molecule has 1 N–H and O–H groups in total. The molecular weight excluding hydrogens is 213 g/mol. The van der Waals surface area contributed by atoms with Crippen molar-refractivity contribution in [3.05, 3.63) is 65.5 Å². The van der Waals surface area contributed by atoms with Gasteiger partial charge in [-0.25, -0.2) is 4.39 Å². The molecule has 0 bridgehead atoms. The third-order valence-corrected chi connectivity index (χ3v) is 2.80. The van der Waals surface area contributed by atoms with Crippen molar-refractivity contribution in [1.29, 1.82) is 0 Å². The van der Waals surface area contributed by atoms with Gasteiger partial charge in [-0.3, -0.25) is 0 Å². The Morgan fingerprint density at radius 1 is 1.00 bits per heavy atom. The minimum atomic E-state index is -0.162. The lowest BCUT2D eigenvalue weighted by atomic mass is 10.1. The summed E-state index contributed by atoms with van der Waals surface area (Å²) in [4.78, 5) is 0. The number of anilines is 1. The SMILES string of the molecule is CCc1ccc(NCc2ccccc2F)cc1. The number of hydrogen-bond acceptors (Lipinski definition) is 1. The van der Waals surface area contributed by atoms with Crippen LogP contribution in [0.25, 0.3) is 0 Å². The summed E-state index contributed by atoms with van der Waals surface area (Å²) < 4.78 is 13.4. The summed E-state index contributed by atoms with van der Waals surface area (Å²) in [5, 5.41) is 3.21. The summed E-state index contributed by atoms with van der Waals surface area (Å²) >= 11 is 0. The molecule has 0 unspecified atom stereocenters. The van der Waals surface area contributed by atoms with Crippen molar-refractivity contribution < 1.29 is 4.39 Å². The maximum Gasteiger partial charge on any atom is 0.128 e. The second-order valence-corrected chi connectivity index (χ2v) is 4.00. The lowest BCUT2D eigenvalue weighted by Crippen LogP contribution is -2.01. The van der Waals surface area contributed by atoms with E-state index in [0.29, 0.717) is 12.1 Å². The fraction of sp³-hybridized carbons (Fsp3) is 0.200. The molecule has 88 valence electrons. The van der Waals surface area contributed by atoms with E-state index in [2.05, 4.69) is 24.4 Å². The van der Waals surface area contributed by atoms with Gasteiger partial charge in [-0.1, -0.05) is 37.3 Å². The summed E-state index contributed by atoms with van der Waals surface area (Å²) in [6.07, 6.45) is 1.04. The molecule has 0 saturated carbocycles. The van der Waals surface area contributed by atoms with Gasteiger partial charge in [0, 0.05) is 17.8 Å². The highest BCUT2D eigenvalue weighted by atomic mass is 19.1. The fourth-order valence-electron chi connectivity index (χ4n) is 1.70. The van der Waals surface area contributed by atoms with Crippen LogP contribution < -0.4 is 5.32 Å². The van der Waals surface area contributed by atoms with Crippen molar-refractivity contribution >= 4 is 5.69 Å². The smallest absolute Gasteiger partial charge is 0.128 e. The third-order valence-electron chi connectivity index (χ3n) is 2.80. The van der Waals surface area contributed by atoms with Gasteiger partial charge in [-0.05, 0) is 30.2 Å². The van der Waals surface area contributed by atoms with E-state index >= 15 is 0 Å². The Balaban J connectivity index is 2.00. The number of halogens is 1. The van der Waals surface area contributed by atoms with E-state index in [-0.39, 0.29) is 5.82 Å². The van der Waals surface area contributed by atoms with Crippen LogP contribution in [0.4, 0.5) is 10.1 Å². The second kappa shape index (κ2) is 5.48. The molecule has 0 spiro atoms. The van der Waals surface area contributed by atoms with Gasteiger partial charge in [0.05, 0.1) is 0 Å². The van der Waals surface area contributed by atoms with Crippen LogP contribution in [0.3, 0.4) is 0 Å². The molecule has 0 atom stereocenters.